The zero-order valence-corrected chi connectivity index (χ0v) is 15.3. The molecule has 0 aliphatic carbocycles. The molecule has 0 spiro atoms. The van der Waals surface area contributed by atoms with Crippen LogP contribution in [0.2, 0.25) is 0 Å². The van der Waals surface area contributed by atoms with Crippen LogP contribution in [-0.4, -0.2) is 10.6 Å². The van der Waals surface area contributed by atoms with Crippen LogP contribution in [0, 0.1) is 0 Å². The Morgan fingerprint density at radius 1 is 0.950 bits per heavy atom. The molecule has 0 saturated heterocycles. The van der Waals surface area contributed by atoms with E-state index < -0.39 is 0 Å². The van der Waals surface area contributed by atoms with Gasteiger partial charge >= 0.3 is 0 Å². The van der Waals surface area contributed by atoms with Gasteiger partial charge in [0.2, 0.25) is 0 Å². The number of benzene rings is 1. The highest BCUT2D eigenvalue weighted by molar-refractivity contribution is 8.22. The molecule has 1 N–H and O–H groups in total. The van der Waals surface area contributed by atoms with E-state index in [-0.39, 0.29) is 0 Å². The fourth-order valence-electron chi connectivity index (χ4n) is 2.25. The summed E-state index contributed by atoms with van der Waals surface area (Å²) in [6, 6.07) is 4.68. The summed E-state index contributed by atoms with van der Waals surface area (Å²) in [5, 5.41) is 3.45. The van der Waals surface area contributed by atoms with Gasteiger partial charge in [-0.25, -0.2) is 0 Å². The van der Waals surface area contributed by atoms with Gasteiger partial charge in [-0.3, -0.25) is 0 Å². The van der Waals surface area contributed by atoms with E-state index >= 15 is 0 Å². The maximum atomic E-state index is 5.37. The van der Waals surface area contributed by atoms with E-state index in [9.17, 15) is 0 Å². The second-order valence-corrected chi connectivity index (χ2v) is 7.64. The van der Waals surface area contributed by atoms with Crippen molar-refractivity contribution in [1.29, 1.82) is 0 Å². The molecule has 1 aromatic rings. The van der Waals surface area contributed by atoms with Crippen molar-refractivity contribution >= 4 is 34.0 Å². The van der Waals surface area contributed by atoms with Gasteiger partial charge in [0.05, 0.1) is 0 Å². The summed E-state index contributed by atoms with van der Waals surface area (Å²) in [5.41, 5.74) is 5.38. The summed E-state index contributed by atoms with van der Waals surface area (Å²) in [7, 11) is 0. The molecule has 0 aromatic heterocycles. The lowest BCUT2D eigenvalue weighted by atomic mass is 9.87. The van der Waals surface area contributed by atoms with Crippen LogP contribution in [0.25, 0.3) is 0 Å². The van der Waals surface area contributed by atoms with E-state index in [4.69, 9.17) is 12.2 Å². The van der Waals surface area contributed by atoms with Crippen LogP contribution in [-0.2, 0) is 0 Å². The predicted molar refractivity (Wildman–Crippen MR) is 98.4 cm³/mol. The van der Waals surface area contributed by atoms with Crippen LogP contribution in [0.5, 0.6) is 0 Å². The number of thiocarbonyl (C=S) groups is 1. The maximum Gasteiger partial charge on any atom is 0.137 e. The summed E-state index contributed by atoms with van der Waals surface area (Å²) >= 11 is 6.96. The maximum absolute atomic E-state index is 5.37. The van der Waals surface area contributed by atoms with Crippen molar-refractivity contribution in [2.24, 2.45) is 0 Å². The first-order valence-corrected chi connectivity index (χ1v) is 8.93. The SMILES string of the molecule is CSC(=S)Nc1c(C(C)C)cc(C(C)C)cc1C(C)C. The second kappa shape index (κ2) is 7.46. The van der Waals surface area contributed by atoms with E-state index in [1.165, 1.54) is 22.4 Å². The third kappa shape index (κ3) is 4.23. The Hall–Kier alpha value is -0.540. The minimum absolute atomic E-state index is 0.485. The summed E-state index contributed by atoms with van der Waals surface area (Å²) in [6.45, 7) is 13.5. The van der Waals surface area contributed by atoms with E-state index in [0.29, 0.717) is 17.8 Å². The van der Waals surface area contributed by atoms with Gasteiger partial charge in [0, 0.05) is 5.69 Å². The van der Waals surface area contributed by atoms with Gasteiger partial charge in [-0.2, -0.15) is 0 Å². The molecule has 0 atom stereocenters. The minimum Gasteiger partial charge on any atom is -0.341 e. The molecule has 0 heterocycles. The first kappa shape index (κ1) is 17.5. The van der Waals surface area contributed by atoms with E-state index in [1.54, 1.807) is 11.8 Å². The van der Waals surface area contributed by atoms with E-state index in [2.05, 4.69) is 59.0 Å². The van der Waals surface area contributed by atoms with Gasteiger partial charge < -0.3 is 5.32 Å². The van der Waals surface area contributed by atoms with Crippen molar-refractivity contribution in [2.75, 3.05) is 11.6 Å². The normalized spacial score (nSPS) is 11.5. The Bertz CT molecular complexity index is 447. The topological polar surface area (TPSA) is 12.0 Å². The number of hydrogen-bond donors (Lipinski definition) is 1. The molecule has 112 valence electrons. The second-order valence-electron chi connectivity index (χ2n) is 6.16. The van der Waals surface area contributed by atoms with Crippen LogP contribution < -0.4 is 5.32 Å². The molecular weight excluding hydrogens is 282 g/mol. The van der Waals surface area contributed by atoms with Crippen molar-refractivity contribution in [1.82, 2.24) is 0 Å². The number of thioether (sulfide) groups is 1. The Morgan fingerprint density at radius 3 is 1.70 bits per heavy atom. The summed E-state index contributed by atoms with van der Waals surface area (Å²) in [4.78, 5) is 0. The lowest BCUT2D eigenvalue weighted by molar-refractivity contribution is 0.808. The fourth-order valence-corrected chi connectivity index (χ4v) is 2.56. The van der Waals surface area contributed by atoms with Crippen LogP contribution in [0.4, 0.5) is 5.69 Å². The van der Waals surface area contributed by atoms with Gasteiger partial charge in [0.25, 0.3) is 0 Å². The molecular formula is C17H27NS2. The predicted octanol–water partition coefficient (Wildman–Crippen LogP) is 6.12. The van der Waals surface area contributed by atoms with E-state index in [0.717, 1.165) is 4.32 Å². The van der Waals surface area contributed by atoms with Gasteiger partial charge in [-0.1, -0.05) is 65.9 Å². The molecule has 1 rings (SSSR count). The summed E-state index contributed by atoms with van der Waals surface area (Å²) < 4.78 is 0.839. The molecule has 1 aromatic carbocycles. The number of anilines is 1. The first-order valence-electron chi connectivity index (χ1n) is 7.30. The Kier molecular flexibility index (Phi) is 6.53. The average Bonchev–Trinajstić information content (AvgIpc) is 2.37. The molecule has 0 amide bonds. The third-order valence-electron chi connectivity index (χ3n) is 3.54. The zero-order chi connectivity index (χ0) is 15.4. The van der Waals surface area contributed by atoms with Gasteiger partial charge in [-0.05, 0) is 40.7 Å². The average molecular weight is 310 g/mol. The number of rotatable bonds is 4. The highest BCUT2D eigenvalue weighted by Crippen LogP contribution is 2.36. The van der Waals surface area contributed by atoms with Gasteiger partial charge in [0.1, 0.15) is 4.32 Å². The molecule has 20 heavy (non-hydrogen) atoms. The largest absolute Gasteiger partial charge is 0.341 e. The number of hydrogen-bond acceptors (Lipinski definition) is 2. The molecule has 0 aliphatic heterocycles. The zero-order valence-electron chi connectivity index (χ0n) is 13.7. The van der Waals surface area contributed by atoms with Crippen molar-refractivity contribution in [2.45, 2.75) is 59.3 Å². The lowest BCUT2D eigenvalue weighted by Crippen LogP contribution is -2.12. The molecule has 3 heteroatoms. The van der Waals surface area contributed by atoms with Gasteiger partial charge in [0.15, 0.2) is 0 Å². The molecule has 0 unspecified atom stereocenters. The van der Waals surface area contributed by atoms with Crippen LogP contribution in [0.15, 0.2) is 12.1 Å². The molecule has 1 nitrogen and oxygen atoms in total. The lowest BCUT2D eigenvalue weighted by Gasteiger charge is -2.23. The summed E-state index contributed by atoms with van der Waals surface area (Å²) in [6.07, 6.45) is 2.02. The molecule has 0 bridgehead atoms. The van der Waals surface area contributed by atoms with Crippen LogP contribution in [0.1, 0.15) is 76.0 Å². The highest BCUT2D eigenvalue weighted by atomic mass is 32.2. The smallest absolute Gasteiger partial charge is 0.137 e. The Labute approximate surface area is 133 Å². The molecule has 0 fully saturated rings. The van der Waals surface area contributed by atoms with Crippen LogP contribution in [0.3, 0.4) is 0 Å². The monoisotopic (exact) mass is 309 g/mol. The first-order chi connectivity index (χ1) is 9.27. The minimum atomic E-state index is 0.485. The van der Waals surface area contributed by atoms with E-state index in [1.807, 2.05) is 6.26 Å². The van der Waals surface area contributed by atoms with Crippen LogP contribution >= 0.6 is 24.0 Å². The third-order valence-corrected chi connectivity index (χ3v) is 4.62. The fraction of sp³-hybridized carbons (Fsp3) is 0.588. The Balaban J connectivity index is 3.46. The van der Waals surface area contributed by atoms with Gasteiger partial charge in [-0.15, -0.1) is 11.8 Å². The quantitative estimate of drug-likeness (QED) is 0.673. The molecule has 0 radical (unpaired) electrons. The summed E-state index contributed by atoms with van der Waals surface area (Å²) in [5.74, 6) is 1.52. The molecule has 0 aliphatic rings. The number of nitrogens with one attached hydrogen (secondary N) is 1. The molecule has 0 saturated carbocycles. The van der Waals surface area contributed by atoms with Crippen molar-refractivity contribution < 1.29 is 0 Å². The van der Waals surface area contributed by atoms with Crippen molar-refractivity contribution in [3.63, 3.8) is 0 Å². The van der Waals surface area contributed by atoms with Crippen molar-refractivity contribution in [3.05, 3.63) is 28.8 Å². The standard InChI is InChI=1S/C17H27NS2/c1-10(2)13-8-14(11(3)4)16(18-17(19)20-7)15(9-13)12(5)6/h8-12H,1-7H3,(H,18,19). The highest BCUT2D eigenvalue weighted by Gasteiger charge is 2.17. The van der Waals surface area contributed by atoms with Crippen molar-refractivity contribution in [3.8, 4) is 0 Å². The Morgan fingerprint density at radius 2 is 1.40 bits per heavy atom.